The third kappa shape index (κ3) is 10.2. The Labute approximate surface area is 285 Å². The van der Waals surface area contributed by atoms with E-state index in [4.69, 9.17) is 18.9 Å². The van der Waals surface area contributed by atoms with Crippen LogP contribution in [0.15, 0.2) is 60.7 Å². The number of para-hydroxylation sites is 2. The largest absolute Gasteiger partial charge is 0.466 e. The van der Waals surface area contributed by atoms with Crippen molar-refractivity contribution in [3.63, 3.8) is 0 Å². The first-order chi connectivity index (χ1) is 21.4. The molecule has 0 unspecified atom stereocenters. The first-order valence-corrected chi connectivity index (χ1v) is 15.4. The summed E-state index contributed by atoms with van der Waals surface area (Å²) < 4.78 is 24.1. The summed E-state index contributed by atoms with van der Waals surface area (Å²) >= 11 is 0. The summed E-state index contributed by atoms with van der Waals surface area (Å²) in [4.78, 5) is 49.4. The number of carbonyl (C=O) groups is 4. The highest BCUT2D eigenvalue weighted by molar-refractivity contribution is 5.95. The fraction of sp³-hybridized carbons (Fsp3) is 0.474. The lowest BCUT2D eigenvalue weighted by atomic mass is 9.89. The van der Waals surface area contributed by atoms with Gasteiger partial charge in [-0.2, -0.15) is 0 Å². The van der Waals surface area contributed by atoms with E-state index in [0.29, 0.717) is 23.5 Å². The van der Waals surface area contributed by atoms with Gasteiger partial charge in [-0.25, -0.2) is 18.7 Å². The number of carbonyl (C=O) groups excluding carboxylic acids is 4. The molecule has 0 aliphatic rings. The number of fused-ring (bicyclic) bond motifs is 2. The third-order valence-electron chi connectivity index (χ3n) is 6.71. The van der Waals surface area contributed by atoms with Crippen LogP contribution in [0.4, 0.5) is 9.59 Å². The summed E-state index contributed by atoms with van der Waals surface area (Å²) in [7, 11) is 0. The number of aromatic nitrogens is 2. The van der Waals surface area contributed by atoms with Crippen LogP contribution in [-0.2, 0) is 40.4 Å². The molecule has 4 rings (SSSR count). The van der Waals surface area contributed by atoms with E-state index in [-0.39, 0.29) is 39.8 Å². The molecule has 0 aliphatic carbocycles. The molecule has 0 amide bonds. The van der Waals surface area contributed by atoms with Gasteiger partial charge < -0.3 is 18.9 Å². The van der Waals surface area contributed by atoms with E-state index in [1.54, 1.807) is 27.7 Å². The Morgan fingerprint density at radius 1 is 0.625 bits per heavy atom. The maximum Gasteiger partial charge on any atom is 0.419 e. The Kier molecular flexibility index (Phi) is 14.2. The molecule has 0 saturated heterocycles. The molecule has 4 aromatic rings. The fourth-order valence-corrected chi connectivity index (χ4v) is 4.76. The maximum atomic E-state index is 12.8. The second kappa shape index (κ2) is 16.5. The lowest BCUT2D eigenvalue weighted by Crippen LogP contribution is -2.36. The molecular formula is C38H54N2O8. The SMILES string of the molecule is C.C.CCOC(=O)C(C)(C)c1cc2ccccc2n1C(=O)OC(C)(C)C.CCOC(=O)Cc1cc2ccccc2n1C(=O)OC(C)(C)C. The van der Waals surface area contributed by atoms with Gasteiger partial charge in [0.05, 0.1) is 30.7 Å². The lowest BCUT2D eigenvalue weighted by Gasteiger charge is -2.26. The number of hydrogen-bond acceptors (Lipinski definition) is 8. The summed E-state index contributed by atoms with van der Waals surface area (Å²) in [5.74, 6) is -0.743. The Bertz CT molecular complexity index is 1710. The average Bonchev–Trinajstić information content (AvgIpc) is 3.51. The normalized spacial score (nSPS) is 11.4. The average molecular weight is 667 g/mol. The molecule has 0 bridgehead atoms. The van der Waals surface area contributed by atoms with E-state index in [1.165, 1.54) is 9.13 Å². The van der Waals surface area contributed by atoms with Gasteiger partial charge in [0.25, 0.3) is 0 Å². The third-order valence-corrected chi connectivity index (χ3v) is 6.71. The number of benzene rings is 2. The quantitative estimate of drug-likeness (QED) is 0.148. The van der Waals surface area contributed by atoms with Gasteiger partial charge in [-0.3, -0.25) is 9.59 Å². The van der Waals surface area contributed by atoms with Crippen LogP contribution in [0.1, 0.15) is 95.5 Å². The molecule has 10 nitrogen and oxygen atoms in total. The van der Waals surface area contributed by atoms with Gasteiger partial charge in [0.15, 0.2) is 0 Å². The molecule has 2 aromatic heterocycles. The van der Waals surface area contributed by atoms with Gasteiger partial charge in [-0.05, 0) is 93.5 Å². The standard InChI is InChI=1S/C19H25NO4.C17H21NO4.2CH4/c1-7-23-16(21)19(5,6)15-12-13-10-8-9-11-14(13)20(15)17(22)24-18(2,3)4;1-5-21-15(19)11-13-10-12-8-6-7-9-14(12)18(13)16(20)22-17(2,3)4;;/h8-12H,7H2,1-6H3;6-10H,5,11H2,1-4H3;2*1H4. The van der Waals surface area contributed by atoms with Gasteiger partial charge in [0.1, 0.15) is 16.6 Å². The summed E-state index contributed by atoms with van der Waals surface area (Å²) in [6, 6.07) is 18.6. The molecule has 0 radical (unpaired) electrons. The van der Waals surface area contributed by atoms with Crippen LogP contribution in [0.25, 0.3) is 21.8 Å². The van der Waals surface area contributed by atoms with Crippen molar-refractivity contribution < 1.29 is 38.1 Å². The van der Waals surface area contributed by atoms with Crippen molar-refractivity contribution in [3.8, 4) is 0 Å². The summed E-state index contributed by atoms with van der Waals surface area (Å²) in [5.41, 5.74) is 0.323. The van der Waals surface area contributed by atoms with Crippen molar-refractivity contribution in [2.75, 3.05) is 13.2 Å². The zero-order chi connectivity index (χ0) is 34.4. The molecule has 2 heterocycles. The van der Waals surface area contributed by atoms with Gasteiger partial charge in [0, 0.05) is 22.2 Å². The van der Waals surface area contributed by atoms with E-state index in [0.717, 1.165) is 16.3 Å². The van der Waals surface area contributed by atoms with Gasteiger partial charge >= 0.3 is 24.1 Å². The molecule has 264 valence electrons. The molecule has 0 saturated carbocycles. The summed E-state index contributed by atoms with van der Waals surface area (Å²) in [6.07, 6.45) is -0.967. The maximum absolute atomic E-state index is 12.8. The lowest BCUT2D eigenvalue weighted by molar-refractivity contribution is -0.149. The zero-order valence-electron chi connectivity index (χ0n) is 28.6. The van der Waals surface area contributed by atoms with Crippen LogP contribution in [0.2, 0.25) is 0 Å². The molecule has 2 aromatic carbocycles. The number of hydrogen-bond donors (Lipinski definition) is 0. The minimum atomic E-state index is -0.980. The van der Waals surface area contributed by atoms with Crippen LogP contribution in [0, 0.1) is 0 Å². The zero-order valence-corrected chi connectivity index (χ0v) is 28.6. The summed E-state index contributed by atoms with van der Waals surface area (Å²) in [5, 5.41) is 1.75. The topological polar surface area (TPSA) is 115 Å². The monoisotopic (exact) mass is 666 g/mol. The molecule has 10 heteroatoms. The van der Waals surface area contributed by atoms with Crippen LogP contribution < -0.4 is 0 Å². The molecule has 0 atom stereocenters. The van der Waals surface area contributed by atoms with Gasteiger partial charge in [-0.15, -0.1) is 0 Å². The fourth-order valence-electron chi connectivity index (χ4n) is 4.76. The van der Waals surface area contributed by atoms with Crippen molar-refractivity contribution >= 4 is 45.9 Å². The second-order valence-electron chi connectivity index (χ2n) is 13.2. The predicted octanol–water partition coefficient (Wildman–Crippen LogP) is 9.07. The van der Waals surface area contributed by atoms with E-state index >= 15 is 0 Å². The van der Waals surface area contributed by atoms with Gasteiger partial charge in [-0.1, -0.05) is 51.3 Å². The number of esters is 2. The minimum absolute atomic E-state index is 0. The Morgan fingerprint density at radius 2 is 1.06 bits per heavy atom. The van der Waals surface area contributed by atoms with Gasteiger partial charge in [0.2, 0.25) is 0 Å². The van der Waals surface area contributed by atoms with Crippen molar-refractivity contribution in [3.05, 3.63) is 72.1 Å². The van der Waals surface area contributed by atoms with Crippen LogP contribution in [0.3, 0.4) is 0 Å². The Morgan fingerprint density at radius 3 is 1.54 bits per heavy atom. The van der Waals surface area contributed by atoms with Crippen molar-refractivity contribution in [1.29, 1.82) is 0 Å². The number of rotatable bonds is 6. The highest BCUT2D eigenvalue weighted by atomic mass is 16.6. The van der Waals surface area contributed by atoms with Crippen molar-refractivity contribution in [2.24, 2.45) is 0 Å². The molecule has 0 fully saturated rings. The molecule has 48 heavy (non-hydrogen) atoms. The number of nitrogens with zero attached hydrogens (tertiary/aromatic N) is 2. The highest BCUT2D eigenvalue weighted by Gasteiger charge is 2.37. The minimum Gasteiger partial charge on any atom is -0.466 e. The van der Waals surface area contributed by atoms with Crippen LogP contribution >= 0.6 is 0 Å². The first-order valence-electron chi connectivity index (χ1n) is 15.4. The molecule has 0 aliphatic heterocycles. The van der Waals surface area contributed by atoms with Crippen molar-refractivity contribution in [2.45, 2.75) is 107 Å². The number of ether oxygens (including phenoxy) is 4. The second-order valence-corrected chi connectivity index (χ2v) is 13.2. The summed E-state index contributed by atoms with van der Waals surface area (Å²) in [6.45, 7) is 18.5. The molecule has 0 spiro atoms. The van der Waals surface area contributed by atoms with Crippen molar-refractivity contribution in [1.82, 2.24) is 9.13 Å². The predicted molar refractivity (Wildman–Crippen MR) is 191 cm³/mol. The molecular weight excluding hydrogens is 612 g/mol. The highest BCUT2D eigenvalue weighted by Crippen LogP contribution is 2.32. The molecule has 0 N–H and O–H groups in total. The van der Waals surface area contributed by atoms with Crippen LogP contribution in [-0.4, -0.2) is 57.7 Å². The Balaban J connectivity index is 0.000000462. The first kappa shape index (κ1) is 41.4. The van der Waals surface area contributed by atoms with E-state index in [9.17, 15) is 19.2 Å². The van der Waals surface area contributed by atoms with Crippen LogP contribution in [0.5, 0.6) is 0 Å². The van der Waals surface area contributed by atoms with E-state index < -0.39 is 28.8 Å². The van der Waals surface area contributed by atoms with E-state index in [2.05, 4.69) is 0 Å². The smallest absolute Gasteiger partial charge is 0.419 e. The Hall–Kier alpha value is -4.60. The van der Waals surface area contributed by atoms with E-state index in [1.807, 2.05) is 102 Å².